The highest BCUT2D eigenvalue weighted by Crippen LogP contribution is 2.32. The molecule has 1 heterocycles. The van der Waals surface area contributed by atoms with E-state index in [0.29, 0.717) is 6.71 Å². The van der Waals surface area contributed by atoms with Gasteiger partial charge in [0.1, 0.15) is 0 Å². The number of nitrogens with zero attached hydrogens (tertiary/aromatic N) is 1. The fraction of sp³-hybridized carbons (Fsp3) is 0.692. The van der Waals surface area contributed by atoms with E-state index in [2.05, 4.69) is 46.3 Å². The predicted molar refractivity (Wildman–Crippen MR) is 70.0 cm³/mol. The van der Waals surface area contributed by atoms with Crippen molar-refractivity contribution in [2.45, 2.75) is 54.3 Å². The molecule has 0 N–H and O–H groups in total. The summed E-state index contributed by atoms with van der Waals surface area (Å²) in [6, 6.07) is 0. The standard InChI is InChI=1S/C13H24BN/c1-7-12-10(4)15(9-3)11(5)13(8-2)14(12)6/h7-9H2,1-6H3. The van der Waals surface area contributed by atoms with Crippen molar-refractivity contribution >= 4 is 6.71 Å². The molecule has 84 valence electrons. The van der Waals surface area contributed by atoms with Crippen LogP contribution in [-0.4, -0.2) is 18.2 Å². The van der Waals surface area contributed by atoms with Gasteiger partial charge in [-0.15, -0.1) is 0 Å². The first-order chi connectivity index (χ1) is 7.08. The SMILES string of the molecule is CCC1=C(C)N(CC)C(C)=C(CC)B1C. The van der Waals surface area contributed by atoms with E-state index in [1.165, 1.54) is 24.2 Å². The molecule has 2 heteroatoms. The molecule has 1 nitrogen and oxygen atoms in total. The van der Waals surface area contributed by atoms with Gasteiger partial charge in [-0.05, 0) is 33.6 Å². The average Bonchev–Trinajstić information content (AvgIpc) is 2.19. The lowest BCUT2D eigenvalue weighted by atomic mass is 9.38. The summed E-state index contributed by atoms with van der Waals surface area (Å²) in [6.07, 6.45) is 2.36. The highest BCUT2D eigenvalue weighted by Gasteiger charge is 2.27. The van der Waals surface area contributed by atoms with Gasteiger partial charge in [0.15, 0.2) is 0 Å². The summed E-state index contributed by atoms with van der Waals surface area (Å²) in [4.78, 5) is 2.47. The Kier molecular flexibility index (Phi) is 4.07. The zero-order chi connectivity index (χ0) is 11.6. The van der Waals surface area contributed by atoms with E-state index in [9.17, 15) is 0 Å². The van der Waals surface area contributed by atoms with Crippen LogP contribution in [0.4, 0.5) is 0 Å². The Balaban J connectivity index is 3.18. The molecule has 0 fully saturated rings. The van der Waals surface area contributed by atoms with Crippen LogP contribution in [0.15, 0.2) is 22.3 Å². The highest BCUT2D eigenvalue weighted by molar-refractivity contribution is 6.73. The normalized spacial score (nSPS) is 18.0. The Hall–Kier alpha value is -0.655. The Labute approximate surface area is 95.3 Å². The van der Waals surface area contributed by atoms with Crippen LogP contribution in [0.3, 0.4) is 0 Å². The Morgan fingerprint density at radius 3 is 1.60 bits per heavy atom. The van der Waals surface area contributed by atoms with Gasteiger partial charge in [0, 0.05) is 17.9 Å². The quantitative estimate of drug-likeness (QED) is 0.631. The van der Waals surface area contributed by atoms with Crippen LogP contribution in [-0.2, 0) is 0 Å². The predicted octanol–water partition coefficient (Wildman–Crippen LogP) is 3.89. The van der Waals surface area contributed by atoms with Gasteiger partial charge in [-0.2, -0.15) is 0 Å². The molecule has 0 atom stereocenters. The van der Waals surface area contributed by atoms with Gasteiger partial charge in [-0.25, -0.2) is 0 Å². The molecule has 0 unspecified atom stereocenters. The number of hydrogen-bond acceptors (Lipinski definition) is 1. The summed E-state index contributed by atoms with van der Waals surface area (Å²) in [6.45, 7) is 15.4. The molecule has 0 spiro atoms. The van der Waals surface area contributed by atoms with Crippen LogP contribution < -0.4 is 0 Å². The van der Waals surface area contributed by atoms with Gasteiger partial charge < -0.3 is 4.90 Å². The third-order valence-corrected chi connectivity index (χ3v) is 3.86. The van der Waals surface area contributed by atoms with E-state index in [-0.39, 0.29) is 0 Å². The second-order valence-electron chi connectivity index (χ2n) is 4.39. The largest absolute Gasteiger partial charge is 0.351 e. The monoisotopic (exact) mass is 205 g/mol. The highest BCUT2D eigenvalue weighted by atomic mass is 15.1. The minimum atomic E-state index is 0.655. The maximum Gasteiger partial charge on any atom is 0.200 e. The summed E-state index contributed by atoms with van der Waals surface area (Å²) in [5.41, 5.74) is 6.23. The Bertz CT molecular complexity index is 274. The van der Waals surface area contributed by atoms with Crippen molar-refractivity contribution in [2.75, 3.05) is 6.54 Å². The smallest absolute Gasteiger partial charge is 0.200 e. The molecule has 0 radical (unpaired) electrons. The fourth-order valence-electron chi connectivity index (χ4n) is 3.03. The molecule has 15 heavy (non-hydrogen) atoms. The molecule has 1 aliphatic heterocycles. The first-order valence-corrected chi connectivity index (χ1v) is 6.25. The minimum Gasteiger partial charge on any atom is -0.351 e. The van der Waals surface area contributed by atoms with Gasteiger partial charge in [0.05, 0.1) is 0 Å². The van der Waals surface area contributed by atoms with Crippen molar-refractivity contribution in [3.05, 3.63) is 22.3 Å². The van der Waals surface area contributed by atoms with Crippen molar-refractivity contribution < 1.29 is 0 Å². The molecule has 0 aromatic rings. The zero-order valence-corrected chi connectivity index (χ0v) is 11.1. The number of hydrogen-bond donors (Lipinski definition) is 0. The van der Waals surface area contributed by atoms with Crippen molar-refractivity contribution in [2.24, 2.45) is 0 Å². The summed E-state index contributed by atoms with van der Waals surface area (Å²) in [5, 5.41) is 0. The zero-order valence-electron chi connectivity index (χ0n) is 11.1. The summed E-state index contributed by atoms with van der Waals surface area (Å²) in [5.74, 6) is 0. The molecule has 0 amide bonds. The van der Waals surface area contributed by atoms with Crippen LogP contribution in [0, 0.1) is 0 Å². The Morgan fingerprint density at radius 1 is 0.933 bits per heavy atom. The van der Waals surface area contributed by atoms with Crippen LogP contribution in [0.25, 0.3) is 0 Å². The van der Waals surface area contributed by atoms with E-state index < -0.39 is 0 Å². The summed E-state index contributed by atoms with van der Waals surface area (Å²) < 4.78 is 0. The van der Waals surface area contributed by atoms with Crippen molar-refractivity contribution in [3.63, 3.8) is 0 Å². The first kappa shape index (κ1) is 12.4. The third kappa shape index (κ3) is 1.99. The van der Waals surface area contributed by atoms with Gasteiger partial charge in [0.25, 0.3) is 0 Å². The lowest BCUT2D eigenvalue weighted by molar-refractivity contribution is 0.440. The van der Waals surface area contributed by atoms with Crippen LogP contribution in [0.2, 0.25) is 6.82 Å². The lowest BCUT2D eigenvalue weighted by Gasteiger charge is -2.36. The van der Waals surface area contributed by atoms with E-state index in [1.54, 1.807) is 10.9 Å². The summed E-state index contributed by atoms with van der Waals surface area (Å²) in [7, 11) is 0. The molecule has 0 bridgehead atoms. The minimum absolute atomic E-state index is 0.655. The number of allylic oxidation sites excluding steroid dienone is 4. The molecule has 1 rings (SSSR count). The maximum atomic E-state index is 2.47. The molecule has 0 aliphatic carbocycles. The topological polar surface area (TPSA) is 3.24 Å². The average molecular weight is 205 g/mol. The molecule has 0 aromatic heterocycles. The molecule has 0 aromatic carbocycles. The van der Waals surface area contributed by atoms with Gasteiger partial charge in [-0.1, -0.05) is 31.6 Å². The van der Waals surface area contributed by atoms with Crippen molar-refractivity contribution in [1.29, 1.82) is 0 Å². The molecule has 0 saturated heterocycles. The fourth-order valence-corrected chi connectivity index (χ4v) is 3.03. The van der Waals surface area contributed by atoms with E-state index >= 15 is 0 Å². The molecular weight excluding hydrogens is 181 g/mol. The van der Waals surface area contributed by atoms with E-state index in [1.807, 2.05) is 0 Å². The van der Waals surface area contributed by atoms with Crippen molar-refractivity contribution in [1.82, 2.24) is 4.90 Å². The maximum absolute atomic E-state index is 2.47. The van der Waals surface area contributed by atoms with Crippen molar-refractivity contribution in [3.8, 4) is 0 Å². The summed E-state index contributed by atoms with van der Waals surface area (Å²) >= 11 is 0. The first-order valence-electron chi connectivity index (χ1n) is 6.25. The second kappa shape index (κ2) is 4.91. The van der Waals surface area contributed by atoms with Gasteiger partial charge >= 0.3 is 0 Å². The van der Waals surface area contributed by atoms with E-state index in [4.69, 9.17) is 0 Å². The molecule has 1 aliphatic rings. The van der Waals surface area contributed by atoms with Crippen LogP contribution in [0.5, 0.6) is 0 Å². The second-order valence-corrected chi connectivity index (χ2v) is 4.39. The Morgan fingerprint density at radius 2 is 1.33 bits per heavy atom. The van der Waals surface area contributed by atoms with Crippen LogP contribution in [0.1, 0.15) is 47.5 Å². The van der Waals surface area contributed by atoms with Crippen LogP contribution >= 0.6 is 0 Å². The van der Waals surface area contributed by atoms with Gasteiger partial charge in [0.2, 0.25) is 6.71 Å². The van der Waals surface area contributed by atoms with Gasteiger partial charge in [-0.3, -0.25) is 0 Å². The molecule has 0 saturated carbocycles. The molecular formula is C13H24BN. The number of rotatable bonds is 3. The third-order valence-electron chi connectivity index (χ3n) is 3.86. The lowest BCUT2D eigenvalue weighted by Crippen LogP contribution is -2.33. The van der Waals surface area contributed by atoms with E-state index in [0.717, 1.165) is 6.54 Å².